The zero-order chi connectivity index (χ0) is 13.1. The number of nitrogens with zero attached hydrogens (tertiary/aromatic N) is 1. The largest absolute Gasteiger partial charge is 0.330 e. The number of imide groups is 1. The van der Waals surface area contributed by atoms with Crippen LogP contribution in [0.2, 0.25) is 5.02 Å². The Bertz CT molecular complexity index is 458. The smallest absolute Gasteiger partial charge is 0.324 e. The Morgan fingerprint density at radius 1 is 1.44 bits per heavy atom. The molecule has 1 aromatic carbocycles. The van der Waals surface area contributed by atoms with Gasteiger partial charge in [0.15, 0.2) is 0 Å². The van der Waals surface area contributed by atoms with Crippen molar-refractivity contribution in [3.8, 4) is 0 Å². The van der Waals surface area contributed by atoms with Crippen molar-refractivity contribution >= 4 is 23.5 Å². The highest BCUT2D eigenvalue weighted by molar-refractivity contribution is 6.30. The molecule has 96 valence electrons. The molecule has 1 N–H and O–H groups in total. The van der Waals surface area contributed by atoms with E-state index in [0.29, 0.717) is 11.6 Å². The van der Waals surface area contributed by atoms with E-state index in [2.05, 4.69) is 5.32 Å². The summed E-state index contributed by atoms with van der Waals surface area (Å²) in [5.74, 6) is -0.134. The number of carbonyl (C=O) groups is 2. The first-order valence-electron chi connectivity index (χ1n) is 5.98. The van der Waals surface area contributed by atoms with Gasteiger partial charge < -0.3 is 5.32 Å². The lowest BCUT2D eigenvalue weighted by Crippen LogP contribution is -2.51. The number of carbonyl (C=O) groups excluding carboxylic acids is 2. The average Bonchev–Trinajstić information content (AvgIpc) is 2.33. The van der Waals surface area contributed by atoms with Gasteiger partial charge in [-0.15, -0.1) is 0 Å². The summed E-state index contributed by atoms with van der Waals surface area (Å²) in [5, 5.41) is 3.43. The third kappa shape index (κ3) is 2.64. The van der Waals surface area contributed by atoms with Crippen molar-refractivity contribution in [1.29, 1.82) is 0 Å². The van der Waals surface area contributed by atoms with Gasteiger partial charge in [0, 0.05) is 11.6 Å². The molecule has 0 bridgehead atoms. The predicted molar refractivity (Wildman–Crippen MR) is 69.3 cm³/mol. The van der Waals surface area contributed by atoms with Gasteiger partial charge in [-0.2, -0.15) is 0 Å². The Morgan fingerprint density at radius 2 is 2.22 bits per heavy atom. The molecule has 3 amide bonds. The van der Waals surface area contributed by atoms with E-state index in [9.17, 15) is 9.59 Å². The van der Waals surface area contributed by atoms with Crippen molar-refractivity contribution in [2.75, 3.05) is 6.54 Å². The lowest BCUT2D eigenvalue weighted by molar-refractivity contribution is -0.130. The van der Waals surface area contributed by atoms with Gasteiger partial charge in [-0.1, -0.05) is 30.7 Å². The van der Waals surface area contributed by atoms with Crippen molar-refractivity contribution in [2.45, 2.75) is 25.8 Å². The van der Waals surface area contributed by atoms with E-state index in [0.717, 1.165) is 12.0 Å². The van der Waals surface area contributed by atoms with Crippen LogP contribution in [0.5, 0.6) is 0 Å². The van der Waals surface area contributed by atoms with E-state index in [4.69, 9.17) is 11.6 Å². The molecule has 1 saturated heterocycles. The maximum Gasteiger partial charge on any atom is 0.324 e. The first kappa shape index (κ1) is 12.9. The van der Waals surface area contributed by atoms with Gasteiger partial charge in [-0.3, -0.25) is 9.69 Å². The van der Waals surface area contributed by atoms with E-state index in [-0.39, 0.29) is 24.4 Å². The second kappa shape index (κ2) is 5.40. The minimum atomic E-state index is -0.321. The summed E-state index contributed by atoms with van der Waals surface area (Å²) >= 11 is 5.91. The third-order valence-corrected chi connectivity index (χ3v) is 3.16. The van der Waals surface area contributed by atoms with Gasteiger partial charge in [0.25, 0.3) is 0 Å². The standard InChI is InChI=1S/C13H15ClN2O2/c1-2-6-16-12(17)8-11(15-13(16)18)9-4-3-5-10(14)7-9/h3-5,7,11H,2,6,8H2,1H3,(H,15,18). The Hall–Kier alpha value is -1.55. The number of rotatable bonds is 3. The van der Waals surface area contributed by atoms with E-state index < -0.39 is 0 Å². The molecule has 1 unspecified atom stereocenters. The molecule has 1 atom stereocenters. The summed E-state index contributed by atoms with van der Waals surface area (Å²) < 4.78 is 0. The highest BCUT2D eigenvalue weighted by Crippen LogP contribution is 2.24. The van der Waals surface area contributed by atoms with Crippen molar-refractivity contribution in [3.63, 3.8) is 0 Å². The SMILES string of the molecule is CCCN1C(=O)CC(c2cccc(Cl)c2)NC1=O. The number of halogens is 1. The highest BCUT2D eigenvalue weighted by Gasteiger charge is 2.31. The predicted octanol–water partition coefficient (Wildman–Crippen LogP) is 2.73. The van der Waals surface area contributed by atoms with Crippen LogP contribution in [0.25, 0.3) is 0 Å². The Kier molecular flexibility index (Phi) is 3.87. The maximum atomic E-state index is 11.9. The Labute approximate surface area is 111 Å². The van der Waals surface area contributed by atoms with Crippen LogP contribution in [-0.2, 0) is 4.79 Å². The molecule has 1 aliphatic rings. The van der Waals surface area contributed by atoms with Crippen LogP contribution in [0.15, 0.2) is 24.3 Å². The molecule has 2 rings (SSSR count). The second-order valence-corrected chi connectivity index (χ2v) is 4.74. The van der Waals surface area contributed by atoms with Gasteiger partial charge in [0.05, 0.1) is 12.5 Å². The normalized spacial score (nSPS) is 19.9. The molecule has 18 heavy (non-hydrogen) atoms. The molecule has 0 aromatic heterocycles. The number of hydrogen-bond acceptors (Lipinski definition) is 2. The summed E-state index contributed by atoms with van der Waals surface area (Å²) in [6.45, 7) is 2.40. The lowest BCUT2D eigenvalue weighted by Gasteiger charge is -2.31. The molecule has 1 aliphatic heterocycles. The molecule has 1 heterocycles. The van der Waals surface area contributed by atoms with Crippen LogP contribution in [-0.4, -0.2) is 23.4 Å². The van der Waals surface area contributed by atoms with Crippen LogP contribution in [0.1, 0.15) is 31.4 Å². The number of amides is 3. The van der Waals surface area contributed by atoms with Crippen molar-refractivity contribution in [3.05, 3.63) is 34.9 Å². The summed E-state index contributed by atoms with van der Waals surface area (Å²) in [4.78, 5) is 25.0. The zero-order valence-corrected chi connectivity index (χ0v) is 10.9. The molecule has 1 aromatic rings. The van der Waals surface area contributed by atoms with Crippen LogP contribution in [0, 0.1) is 0 Å². The first-order chi connectivity index (χ1) is 8.61. The fraction of sp³-hybridized carbons (Fsp3) is 0.385. The number of nitrogens with one attached hydrogen (secondary N) is 1. The monoisotopic (exact) mass is 266 g/mol. The summed E-state index contributed by atoms with van der Waals surface area (Å²) in [6.07, 6.45) is 1.05. The molecular weight excluding hydrogens is 252 g/mol. The lowest BCUT2D eigenvalue weighted by atomic mass is 10.0. The number of hydrogen-bond donors (Lipinski definition) is 1. The van der Waals surface area contributed by atoms with Gasteiger partial charge in [0.1, 0.15) is 0 Å². The Morgan fingerprint density at radius 3 is 2.83 bits per heavy atom. The number of urea groups is 1. The molecule has 4 nitrogen and oxygen atoms in total. The Balaban J connectivity index is 2.15. The molecule has 0 spiro atoms. The molecule has 0 aliphatic carbocycles. The van der Waals surface area contributed by atoms with Crippen LogP contribution in [0.4, 0.5) is 4.79 Å². The first-order valence-corrected chi connectivity index (χ1v) is 6.36. The van der Waals surface area contributed by atoms with E-state index in [1.54, 1.807) is 12.1 Å². The van der Waals surface area contributed by atoms with Gasteiger partial charge >= 0.3 is 6.03 Å². The molecule has 5 heteroatoms. The van der Waals surface area contributed by atoms with Crippen LogP contribution < -0.4 is 5.32 Å². The van der Waals surface area contributed by atoms with Crippen molar-refractivity contribution in [1.82, 2.24) is 10.2 Å². The van der Waals surface area contributed by atoms with E-state index >= 15 is 0 Å². The van der Waals surface area contributed by atoms with Crippen molar-refractivity contribution in [2.24, 2.45) is 0 Å². The highest BCUT2D eigenvalue weighted by atomic mass is 35.5. The third-order valence-electron chi connectivity index (χ3n) is 2.92. The van der Waals surface area contributed by atoms with Crippen molar-refractivity contribution < 1.29 is 9.59 Å². The second-order valence-electron chi connectivity index (χ2n) is 4.31. The topological polar surface area (TPSA) is 49.4 Å². The maximum absolute atomic E-state index is 11.9. The van der Waals surface area contributed by atoms with E-state index in [1.165, 1.54) is 4.90 Å². The molecule has 0 saturated carbocycles. The fourth-order valence-corrected chi connectivity index (χ4v) is 2.25. The van der Waals surface area contributed by atoms with Gasteiger partial charge in [-0.25, -0.2) is 4.79 Å². The summed E-state index contributed by atoms with van der Waals surface area (Å²) in [5.41, 5.74) is 0.861. The quantitative estimate of drug-likeness (QED) is 0.915. The molecular formula is C13H15ClN2O2. The average molecular weight is 267 g/mol. The van der Waals surface area contributed by atoms with Crippen LogP contribution in [0.3, 0.4) is 0 Å². The van der Waals surface area contributed by atoms with Gasteiger partial charge in [-0.05, 0) is 24.1 Å². The molecule has 0 radical (unpaired) electrons. The number of benzene rings is 1. The molecule has 1 fully saturated rings. The van der Waals surface area contributed by atoms with Crippen LogP contribution >= 0.6 is 11.6 Å². The summed E-state index contributed by atoms with van der Waals surface area (Å²) in [6, 6.07) is 6.61. The zero-order valence-electron chi connectivity index (χ0n) is 10.1. The minimum absolute atomic E-state index is 0.134. The fourth-order valence-electron chi connectivity index (χ4n) is 2.05. The van der Waals surface area contributed by atoms with Gasteiger partial charge in [0.2, 0.25) is 5.91 Å². The van der Waals surface area contributed by atoms with E-state index in [1.807, 2.05) is 19.1 Å². The summed E-state index contributed by atoms with van der Waals surface area (Å²) in [7, 11) is 0. The minimum Gasteiger partial charge on any atom is -0.330 e.